The molecular weight excluding hydrogens is 433 g/mol. The maximum atomic E-state index is 12.7. The van der Waals surface area contributed by atoms with Gasteiger partial charge in [0.1, 0.15) is 17.5 Å². The number of aromatic carboxylic acids is 1. The van der Waals surface area contributed by atoms with Crippen LogP contribution in [0, 0.1) is 18.3 Å². The zero-order chi connectivity index (χ0) is 22.0. The van der Waals surface area contributed by atoms with Crippen LogP contribution in [0.15, 0.2) is 12.1 Å². The van der Waals surface area contributed by atoms with Gasteiger partial charge < -0.3 is 25.0 Å². The summed E-state index contributed by atoms with van der Waals surface area (Å²) in [6, 6.07) is 4.52. The van der Waals surface area contributed by atoms with Gasteiger partial charge >= 0.3 is 5.97 Å². The highest BCUT2D eigenvalue weighted by molar-refractivity contribution is 6.44. The summed E-state index contributed by atoms with van der Waals surface area (Å²) in [4.78, 5) is 32.5. The van der Waals surface area contributed by atoms with Crippen molar-refractivity contribution in [3.8, 4) is 6.07 Å². The van der Waals surface area contributed by atoms with Crippen molar-refractivity contribution in [1.29, 1.82) is 5.26 Å². The van der Waals surface area contributed by atoms with Gasteiger partial charge in [0.15, 0.2) is 5.69 Å². The number of carbonyl (C=O) groups excluding carboxylic acids is 1. The van der Waals surface area contributed by atoms with E-state index in [4.69, 9.17) is 33.2 Å². The molecule has 0 spiro atoms. The molecule has 3 rings (SSSR count). The second kappa shape index (κ2) is 8.92. The molecule has 11 heteroatoms. The molecule has 1 aliphatic rings. The lowest BCUT2D eigenvalue weighted by atomic mass is 10.0. The number of nitriles is 1. The molecular formula is C19H19Cl2N5O4. The fourth-order valence-corrected chi connectivity index (χ4v) is 3.81. The van der Waals surface area contributed by atoms with Crippen LogP contribution in [-0.2, 0) is 4.74 Å². The van der Waals surface area contributed by atoms with E-state index in [1.807, 2.05) is 11.0 Å². The zero-order valence-corrected chi connectivity index (χ0v) is 17.7. The Morgan fingerprint density at radius 1 is 1.40 bits per heavy atom. The summed E-state index contributed by atoms with van der Waals surface area (Å²) in [5.41, 5.74) is 1.16. The van der Waals surface area contributed by atoms with E-state index in [0.29, 0.717) is 35.9 Å². The van der Waals surface area contributed by atoms with Crippen molar-refractivity contribution in [2.45, 2.75) is 25.5 Å². The number of halogens is 2. The van der Waals surface area contributed by atoms with Gasteiger partial charge in [-0.2, -0.15) is 5.26 Å². The quantitative estimate of drug-likeness (QED) is 0.636. The van der Waals surface area contributed by atoms with Crippen LogP contribution < -0.4 is 10.2 Å². The molecule has 30 heavy (non-hydrogen) atoms. The van der Waals surface area contributed by atoms with Gasteiger partial charge in [-0.15, -0.1) is 0 Å². The number of methoxy groups -OCH3 is 1. The topological polar surface area (TPSA) is 131 Å². The van der Waals surface area contributed by atoms with Gasteiger partial charge in [0.05, 0.1) is 22.2 Å². The van der Waals surface area contributed by atoms with E-state index in [0.717, 1.165) is 0 Å². The summed E-state index contributed by atoms with van der Waals surface area (Å²) in [5, 5.41) is 21.8. The van der Waals surface area contributed by atoms with E-state index in [1.54, 1.807) is 6.92 Å². The minimum atomic E-state index is -1.21. The molecule has 1 amide bonds. The Bertz CT molecular complexity index is 1030. The first-order valence-electron chi connectivity index (χ1n) is 9.02. The van der Waals surface area contributed by atoms with Gasteiger partial charge in [0.25, 0.3) is 5.91 Å². The number of carbonyl (C=O) groups is 2. The van der Waals surface area contributed by atoms with E-state index < -0.39 is 5.97 Å². The van der Waals surface area contributed by atoms with Gasteiger partial charge in [-0.3, -0.25) is 4.79 Å². The third-order valence-corrected chi connectivity index (χ3v) is 5.92. The van der Waals surface area contributed by atoms with Gasteiger partial charge in [-0.25, -0.2) is 9.78 Å². The minimum Gasteiger partial charge on any atom is -0.477 e. The Morgan fingerprint density at radius 3 is 2.70 bits per heavy atom. The van der Waals surface area contributed by atoms with Crippen LogP contribution in [0.2, 0.25) is 10.0 Å². The van der Waals surface area contributed by atoms with Crippen molar-refractivity contribution in [3.63, 3.8) is 0 Å². The number of carboxylic acid groups (broad SMARTS) is 1. The number of ether oxygens (including phenoxy) is 1. The standard InChI is InChI=1S/C19H19Cl2N5O4/c1-9-15(20)16(21)17(23-9)18(27)25-12-3-4-26(8-14(12)30-2)11-5-10(7-22)24-13(6-11)19(28)29/h5-6,12,14,23H,3-4,8H2,1-2H3,(H,25,27)(H,28,29). The number of piperidine rings is 1. The molecule has 0 aromatic carbocycles. The molecule has 2 aromatic rings. The molecule has 0 bridgehead atoms. The van der Waals surface area contributed by atoms with Gasteiger partial charge in [-0.1, -0.05) is 23.2 Å². The third-order valence-electron chi connectivity index (χ3n) is 4.97. The van der Waals surface area contributed by atoms with E-state index in [2.05, 4.69) is 15.3 Å². The van der Waals surface area contributed by atoms with Gasteiger partial charge in [0.2, 0.25) is 0 Å². The SMILES string of the molecule is COC1CN(c2cc(C#N)nc(C(=O)O)c2)CCC1NC(=O)c1[nH]c(C)c(Cl)c1Cl. The number of hydrogen-bond acceptors (Lipinski definition) is 6. The number of rotatable bonds is 5. The lowest BCUT2D eigenvalue weighted by Crippen LogP contribution is -2.55. The van der Waals surface area contributed by atoms with E-state index in [1.165, 1.54) is 19.2 Å². The average Bonchev–Trinajstić information content (AvgIpc) is 3.00. The maximum Gasteiger partial charge on any atom is 0.354 e. The Kier molecular flexibility index (Phi) is 6.51. The number of aryl methyl sites for hydroxylation is 1. The first-order valence-corrected chi connectivity index (χ1v) is 9.78. The molecule has 1 aliphatic heterocycles. The number of nitrogens with one attached hydrogen (secondary N) is 2. The summed E-state index contributed by atoms with van der Waals surface area (Å²) in [6.07, 6.45) is 0.155. The second-order valence-corrected chi connectivity index (χ2v) is 7.61. The molecule has 2 atom stereocenters. The predicted octanol–water partition coefficient (Wildman–Crippen LogP) is 2.62. The number of amides is 1. The summed E-state index contributed by atoms with van der Waals surface area (Å²) in [6.45, 7) is 2.61. The van der Waals surface area contributed by atoms with Crippen molar-refractivity contribution in [2.24, 2.45) is 0 Å². The average molecular weight is 452 g/mol. The number of pyridine rings is 1. The zero-order valence-electron chi connectivity index (χ0n) is 16.2. The predicted molar refractivity (Wildman–Crippen MR) is 110 cm³/mol. The normalized spacial score (nSPS) is 18.7. The Morgan fingerprint density at radius 2 is 2.13 bits per heavy atom. The van der Waals surface area contributed by atoms with Crippen LogP contribution in [-0.4, -0.2) is 59.3 Å². The van der Waals surface area contributed by atoms with Crippen molar-refractivity contribution in [3.05, 3.63) is 45.0 Å². The lowest BCUT2D eigenvalue weighted by Gasteiger charge is -2.39. The number of aromatic amines is 1. The van der Waals surface area contributed by atoms with Gasteiger partial charge in [0, 0.05) is 31.6 Å². The number of hydrogen-bond donors (Lipinski definition) is 3. The van der Waals surface area contributed by atoms with Crippen LogP contribution in [0.5, 0.6) is 0 Å². The summed E-state index contributed by atoms with van der Waals surface area (Å²) in [7, 11) is 1.53. The molecule has 0 aliphatic carbocycles. The molecule has 9 nitrogen and oxygen atoms in total. The molecule has 3 heterocycles. The molecule has 158 valence electrons. The van der Waals surface area contributed by atoms with Crippen LogP contribution in [0.4, 0.5) is 5.69 Å². The van der Waals surface area contributed by atoms with Crippen LogP contribution >= 0.6 is 23.2 Å². The first kappa shape index (κ1) is 21.9. The largest absolute Gasteiger partial charge is 0.477 e. The van der Waals surface area contributed by atoms with E-state index in [-0.39, 0.29) is 40.2 Å². The van der Waals surface area contributed by atoms with Crippen molar-refractivity contribution < 1.29 is 19.4 Å². The van der Waals surface area contributed by atoms with Crippen LogP contribution in [0.1, 0.15) is 38.8 Å². The number of carboxylic acids is 1. The third kappa shape index (κ3) is 4.36. The van der Waals surface area contributed by atoms with Crippen molar-refractivity contribution in [1.82, 2.24) is 15.3 Å². The maximum absolute atomic E-state index is 12.7. The Hall–Kier alpha value is -2.80. The molecule has 2 unspecified atom stereocenters. The highest BCUT2D eigenvalue weighted by Crippen LogP contribution is 2.29. The fraction of sp³-hybridized carbons (Fsp3) is 0.368. The first-order chi connectivity index (χ1) is 14.2. The van der Waals surface area contributed by atoms with Crippen LogP contribution in [0.3, 0.4) is 0 Å². The van der Waals surface area contributed by atoms with Crippen LogP contribution in [0.25, 0.3) is 0 Å². The molecule has 3 N–H and O–H groups in total. The number of aromatic nitrogens is 2. The summed E-state index contributed by atoms with van der Waals surface area (Å²) >= 11 is 12.2. The van der Waals surface area contributed by atoms with E-state index >= 15 is 0 Å². The lowest BCUT2D eigenvalue weighted by molar-refractivity contribution is 0.0540. The number of H-pyrrole nitrogens is 1. The number of nitrogens with zero attached hydrogens (tertiary/aromatic N) is 3. The summed E-state index contributed by atoms with van der Waals surface area (Å²) < 4.78 is 5.56. The Balaban J connectivity index is 1.76. The molecule has 1 fully saturated rings. The fourth-order valence-electron chi connectivity index (χ4n) is 3.39. The summed E-state index contributed by atoms with van der Waals surface area (Å²) in [5.74, 6) is -1.60. The van der Waals surface area contributed by atoms with E-state index in [9.17, 15) is 14.7 Å². The smallest absolute Gasteiger partial charge is 0.354 e. The Labute approximate surface area is 182 Å². The minimum absolute atomic E-state index is 0.0166. The van der Waals surface area contributed by atoms with Gasteiger partial charge in [-0.05, 0) is 25.5 Å². The molecule has 0 radical (unpaired) electrons. The monoisotopic (exact) mass is 451 g/mol. The highest BCUT2D eigenvalue weighted by atomic mass is 35.5. The molecule has 2 aromatic heterocycles. The second-order valence-electron chi connectivity index (χ2n) is 6.85. The van der Waals surface area contributed by atoms with Crippen molar-refractivity contribution in [2.75, 3.05) is 25.1 Å². The number of anilines is 1. The molecule has 1 saturated heterocycles. The molecule has 0 saturated carbocycles. The highest BCUT2D eigenvalue weighted by Gasteiger charge is 2.32. The van der Waals surface area contributed by atoms with Crippen molar-refractivity contribution >= 4 is 40.8 Å².